The minimum Gasteiger partial charge on any atom is -0.477 e. The van der Waals surface area contributed by atoms with Gasteiger partial charge in [-0.2, -0.15) is 0 Å². The van der Waals surface area contributed by atoms with Crippen LogP contribution in [0.4, 0.5) is 0 Å². The van der Waals surface area contributed by atoms with Crippen LogP contribution in [0.1, 0.15) is 67.4 Å². The fraction of sp³-hybridized carbons (Fsp3) is 0.371. The van der Waals surface area contributed by atoms with Crippen LogP contribution in [-0.2, 0) is 30.3 Å². The Morgan fingerprint density at radius 2 is 1.66 bits per heavy atom. The number of ketones is 1. The second-order valence-electron chi connectivity index (χ2n) is 12.9. The van der Waals surface area contributed by atoms with Gasteiger partial charge in [-0.1, -0.05) is 74.3 Å². The van der Waals surface area contributed by atoms with Crippen molar-refractivity contribution in [1.29, 1.82) is 0 Å². The average molecular weight is 681 g/mol. The van der Waals surface area contributed by atoms with Crippen LogP contribution in [0.25, 0.3) is 0 Å². The van der Waals surface area contributed by atoms with Crippen molar-refractivity contribution in [3.8, 4) is 0 Å². The van der Waals surface area contributed by atoms with Gasteiger partial charge in [0, 0.05) is 41.1 Å². The van der Waals surface area contributed by atoms with Gasteiger partial charge in [0.25, 0.3) is 11.6 Å². The fourth-order valence-electron chi connectivity index (χ4n) is 6.93. The lowest BCUT2D eigenvalue weighted by molar-refractivity contribution is -0.213. The minimum absolute atomic E-state index is 0.0335. The molecule has 3 aromatic rings. The zero-order chi connectivity index (χ0) is 34.1. The number of esters is 1. The lowest BCUT2D eigenvalue weighted by atomic mass is 9.71. The molecule has 0 unspecified atom stereocenters. The second-order valence-corrected chi connectivity index (χ2v) is 13.8. The maximum absolute atomic E-state index is 14.8. The molecule has 1 N–H and O–H groups in total. The predicted octanol–water partition coefficient (Wildman–Crippen LogP) is 5.56. The number of Topliss-reactive ketones (excluding diaryl/α,β-unsaturated/α-hetero) is 1. The van der Waals surface area contributed by atoms with Crippen LogP contribution in [-0.4, -0.2) is 73.8 Å². The van der Waals surface area contributed by atoms with Crippen molar-refractivity contribution in [1.82, 2.24) is 14.8 Å². The number of amides is 2. The van der Waals surface area contributed by atoms with Crippen LogP contribution >= 0.6 is 23.2 Å². The number of nitrogens with zero attached hydrogens (tertiary/aromatic N) is 3. The van der Waals surface area contributed by atoms with Crippen LogP contribution < -0.4 is 0 Å². The molecular formula is C35H35Cl2N3O7. The molecule has 2 aliphatic rings. The molecule has 2 saturated heterocycles. The summed E-state index contributed by atoms with van der Waals surface area (Å²) < 4.78 is 6.22. The Bertz CT molecular complexity index is 1730. The molecule has 47 heavy (non-hydrogen) atoms. The molecule has 3 heterocycles. The molecular weight excluding hydrogens is 645 g/mol. The van der Waals surface area contributed by atoms with Gasteiger partial charge >= 0.3 is 11.9 Å². The normalized spacial score (nSPS) is 22.6. The van der Waals surface area contributed by atoms with Crippen molar-refractivity contribution in [2.45, 2.75) is 63.6 Å². The molecule has 3 atom stereocenters. The maximum atomic E-state index is 14.8. The molecule has 2 aliphatic heterocycles. The van der Waals surface area contributed by atoms with E-state index in [1.165, 1.54) is 23.2 Å². The van der Waals surface area contributed by atoms with E-state index in [1.54, 1.807) is 75.5 Å². The van der Waals surface area contributed by atoms with E-state index in [-0.39, 0.29) is 42.9 Å². The summed E-state index contributed by atoms with van der Waals surface area (Å²) in [7, 11) is 0. The second kappa shape index (κ2) is 13.1. The topological polar surface area (TPSA) is 134 Å². The Hall–Kier alpha value is -4.28. The zero-order valence-corrected chi connectivity index (χ0v) is 27.8. The number of halogens is 2. The summed E-state index contributed by atoms with van der Waals surface area (Å²) in [4.78, 5) is 75.9. The van der Waals surface area contributed by atoms with Crippen molar-refractivity contribution in [2.75, 3.05) is 13.1 Å². The van der Waals surface area contributed by atoms with Crippen molar-refractivity contribution in [2.24, 2.45) is 5.41 Å². The highest BCUT2D eigenvalue weighted by atomic mass is 35.5. The number of hydrogen-bond acceptors (Lipinski definition) is 7. The van der Waals surface area contributed by atoms with E-state index in [0.717, 1.165) is 4.90 Å². The number of carboxylic acids is 1. The van der Waals surface area contributed by atoms with Crippen molar-refractivity contribution < 1.29 is 33.8 Å². The first kappa shape index (κ1) is 34.1. The highest BCUT2D eigenvalue weighted by Gasteiger charge is 2.66. The Kier molecular flexibility index (Phi) is 9.48. The highest BCUT2D eigenvalue weighted by Crippen LogP contribution is 2.50. The maximum Gasteiger partial charge on any atom is 0.371 e. The first-order chi connectivity index (χ1) is 22.2. The smallest absolute Gasteiger partial charge is 0.371 e. The molecule has 0 spiro atoms. The number of likely N-dealkylation sites (tertiary alicyclic amines) is 2. The number of aliphatic carboxylic acids is 1. The number of ether oxygens (including phenoxy) is 1. The molecule has 10 nitrogen and oxygen atoms in total. The summed E-state index contributed by atoms with van der Waals surface area (Å²) >= 11 is 12.4. The standard InChI is InChI=1S/C35H35Cl2N3O7/c1-33(2,3)34(14-7-16-40(34)30(43)29(42)24-10-5-12-26(37)20-24)32(46)47-35(31(44)45)27(23-9-4-11-25(36)19-23)13-17-39(35)28(41)18-22-8-6-15-38-21-22/h4-6,8-12,15,19-21,27H,7,13-14,16-18H2,1-3H3,(H,44,45)/t27-,34+,35-/m1/s1. The Balaban J connectivity index is 1.60. The Morgan fingerprint density at radius 1 is 0.957 bits per heavy atom. The van der Waals surface area contributed by atoms with Gasteiger partial charge in [0.2, 0.25) is 11.7 Å². The first-order valence-corrected chi connectivity index (χ1v) is 16.0. The van der Waals surface area contributed by atoms with Crippen molar-refractivity contribution in [3.05, 3.63) is 99.8 Å². The number of carbonyl (C=O) groups excluding carboxylic acids is 4. The van der Waals surface area contributed by atoms with E-state index in [1.807, 2.05) is 0 Å². The summed E-state index contributed by atoms with van der Waals surface area (Å²) in [5.41, 5.74) is -4.21. The van der Waals surface area contributed by atoms with Crippen LogP contribution in [0.3, 0.4) is 0 Å². The van der Waals surface area contributed by atoms with Gasteiger partial charge in [0.15, 0.2) is 0 Å². The van der Waals surface area contributed by atoms with Gasteiger partial charge in [-0.15, -0.1) is 0 Å². The molecule has 2 fully saturated rings. The molecule has 246 valence electrons. The van der Waals surface area contributed by atoms with Gasteiger partial charge in [-0.3, -0.25) is 24.3 Å². The zero-order valence-electron chi connectivity index (χ0n) is 26.2. The first-order valence-electron chi connectivity index (χ1n) is 15.3. The van der Waals surface area contributed by atoms with Crippen LogP contribution in [0.15, 0.2) is 73.1 Å². The molecule has 12 heteroatoms. The third kappa shape index (κ3) is 6.12. The Morgan fingerprint density at radius 3 is 2.28 bits per heavy atom. The van der Waals surface area contributed by atoms with Gasteiger partial charge in [0.1, 0.15) is 5.54 Å². The fourth-order valence-corrected chi connectivity index (χ4v) is 7.32. The molecule has 0 radical (unpaired) electrons. The van der Waals surface area contributed by atoms with Crippen LogP contribution in [0.2, 0.25) is 10.0 Å². The largest absolute Gasteiger partial charge is 0.477 e. The SMILES string of the molecule is CC(C)(C)[C@@]1(C(=O)O[C@@]2(C(=O)O)[C@@H](c3cccc(Cl)c3)CCN2C(=O)Cc2cccnc2)CCCN1C(=O)C(=O)c1cccc(Cl)c1. The molecule has 2 aromatic carbocycles. The number of pyridine rings is 1. The summed E-state index contributed by atoms with van der Waals surface area (Å²) in [6.45, 7) is 5.20. The lowest BCUT2D eigenvalue weighted by Gasteiger charge is -2.48. The number of carboxylic acid groups (broad SMARTS) is 1. The summed E-state index contributed by atoms with van der Waals surface area (Å²) in [6.07, 6.45) is 3.47. The third-order valence-electron chi connectivity index (χ3n) is 9.19. The predicted molar refractivity (Wildman–Crippen MR) is 174 cm³/mol. The Labute approximate surface area is 282 Å². The molecule has 2 amide bonds. The average Bonchev–Trinajstić information content (AvgIpc) is 3.65. The van der Waals surface area contributed by atoms with Crippen LogP contribution in [0.5, 0.6) is 0 Å². The number of aromatic nitrogens is 1. The third-order valence-corrected chi connectivity index (χ3v) is 9.66. The highest BCUT2D eigenvalue weighted by molar-refractivity contribution is 6.43. The van der Waals surface area contributed by atoms with E-state index in [4.69, 9.17) is 27.9 Å². The van der Waals surface area contributed by atoms with E-state index >= 15 is 0 Å². The van der Waals surface area contributed by atoms with E-state index in [0.29, 0.717) is 22.6 Å². The van der Waals surface area contributed by atoms with E-state index in [9.17, 15) is 29.1 Å². The van der Waals surface area contributed by atoms with Crippen LogP contribution in [0, 0.1) is 5.41 Å². The summed E-state index contributed by atoms with van der Waals surface area (Å²) in [5, 5.41) is 11.6. The van der Waals surface area contributed by atoms with Gasteiger partial charge in [-0.05, 0) is 66.1 Å². The monoisotopic (exact) mass is 679 g/mol. The number of benzene rings is 2. The van der Waals surface area contributed by atoms with Crippen molar-refractivity contribution >= 4 is 52.7 Å². The lowest BCUT2D eigenvalue weighted by Crippen LogP contribution is -2.67. The molecule has 0 bridgehead atoms. The van der Waals surface area contributed by atoms with Crippen molar-refractivity contribution in [3.63, 3.8) is 0 Å². The number of rotatable bonds is 8. The number of hydrogen-bond donors (Lipinski definition) is 1. The van der Waals surface area contributed by atoms with Gasteiger partial charge < -0.3 is 14.7 Å². The van der Waals surface area contributed by atoms with Gasteiger partial charge in [-0.25, -0.2) is 9.59 Å². The minimum atomic E-state index is -2.49. The van der Waals surface area contributed by atoms with Gasteiger partial charge in [0.05, 0.1) is 12.3 Å². The van der Waals surface area contributed by atoms with E-state index in [2.05, 4.69) is 4.98 Å². The molecule has 0 saturated carbocycles. The molecule has 5 rings (SSSR count). The van der Waals surface area contributed by atoms with E-state index < -0.39 is 52.1 Å². The molecule has 0 aliphatic carbocycles. The number of carbonyl (C=O) groups is 5. The molecule has 1 aromatic heterocycles. The summed E-state index contributed by atoms with van der Waals surface area (Å²) in [6, 6.07) is 15.8. The summed E-state index contributed by atoms with van der Waals surface area (Å²) in [5.74, 6) is -5.97. The quantitative estimate of drug-likeness (QED) is 0.186.